The van der Waals surface area contributed by atoms with E-state index in [4.69, 9.17) is 4.74 Å². The highest BCUT2D eigenvalue weighted by Gasteiger charge is 2.30. The molecule has 1 heterocycles. The topological polar surface area (TPSA) is 55.4 Å². The summed E-state index contributed by atoms with van der Waals surface area (Å²) in [6.07, 6.45) is 0. The number of sulfone groups is 1. The van der Waals surface area contributed by atoms with Crippen LogP contribution in [0.3, 0.4) is 0 Å². The molecule has 1 saturated heterocycles. The number of hydrogen-bond acceptors (Lipinski definition) is 4. The highest BCUT2D eigenvalue weighted by molar-refractivity contribution is 7.92. The Bertz CT molecular complexity index is 208. The van der Waals surface area contributed by atoms with Gasteiger partial charge in [0.2, 0.25) is 0 Å². The van der Waals surface area contributed by atoms with E-state index in [2.05, 4.69) is 5.32 Å². The van der Waals surface area contributed by atoms with Crippen LogP contribution in [0.2, 0.25) is 0 Å². The van der Waals surface area contributed by atoms with E-state index in [9.17, 15) is 8.42 Å². The largest absolute Gasteiger partial charge is 0.384 e. The maximum atomic E-state index is 11.3. The molecule has 1 N–H and O–H groups in total. The summed E-state index contributed by atoms with van der Waals surface area (Å²) in [7, 11) is -1.36. The molecule has 1 fully saturated rings. The Balaban J connectivity index is 2.39. The molecule has 0 saturated carbocycles. The van der Waals surface area contributed by atoms with Crippen molar-refractivity contribution in [2.45, 2.75) is 5.25 Å². The van der Waals surface area contributed by atoms with Gasteiger partial charge in [-0.1, -0.05) is 0 Å². The Morgan fingerprint density at radius 3 is 2.55 bits per heavy atom. The second-order valence-corrected chi connectivity index (χ2v) is 5.04. The predicted molar refractivity (Wildman–Crippen MR) is 42.3 cm³/mol. The zero-order chi connectivity index (χ0) is 8.32. The monoisotopic (exact) mass is 179 g/mol. The molecule has 66 valence electrons. The molecule has 0 aliphatic carbocycles. The average Bonchev–Trinajstić information content (AvgIpc) is 1.78. The van der Waals surface area contributed by atoms with Crippen molar-refractivity contribution < 1.29 is 13.2 Å². The van der Waals surface area contributed by atoms with Crippen molar-refractivity contribution in [2.24, 2.45) is 0 Å². The molecule has 0 aromatic carbocycles. The van der Waals surface area contributed by atoms with Crippen molar-refractivity contribution in [3.8, 4) is 0 Å². The van der Waals surface area contributed by atoms with Gasteiger partial charge in [0.25, 0.3) is 0 Å². The highest BCUT2D eigenvalue weighted by atomic mass is 32.2. The molecule has 0 unspecified atom stereocenters. The first-order chi connectivity index (χ1) is 5.17. The molecule has 0 aromatic heterocycles. The number of nitrogens with one attached hydrogen (secondary N) is 1. The van der Waals surface area contributed by atoms with Crippen molar-refractivity contribution in [3.05, 3.63) is 0 Å². The van der Waals surface area contributed by atoms with E-state index in [0.717, 1.165) is 0 Å². The van der Waals surface area contributed by atoms with Crippen LogP contribution < -0.4 is 5.32 Å². The van der Waals surface area contributed by atoms with Gasteiger partial charge in [0.05, 0.1) is 17.6 Å². The van der Waals surface area contributed by atoms with Crippen molar-refractivity contribution in [1.82, 2.24) is 5.32 Å². The van der Waals surface area contributed by atoms with Gasteiger partial charge in [-0.2, -0.15) is 0 Å². The summed E-state index contributed by atoms with van der Waals surface area (Å²) in [6, 6.07) is 0. The number of rotatable bonds is 4. The maximum absolute atomic E-state index is 11.3. The fourth-order valence-electron chi connectivity index (χ4n) is 0.882. The summed E-state index contributed by atoms with van der Waals surface area (Å²) >= 11 is 0. The van der Waals surface area contributed by atoms with Crippen LogP contribution in [0.1, 0.15) is 0 Å². The van der Waals surface area contributed by atoms with E-state index in [-0.39, 0.29) is 11.0 Å². The van der Waals surface area contributed by atoms with Crippen LogP contribution in [0.5, 0.6) is 0 Å². The molecule has 5 heteroatoms. The van der Waals surface area contributed by atoms with E-state index in [1.165, 1.54) is 7.11 Å². The van der Waals surface area contributed by atoms with Crippen molar-refractivity contribution in [3.63, 3.8) is 0 Å². The lowest BCUT2D eigenvalue weighted by atomic mass is 10.3. The molecule has 0 atom stereocenters. The normalized spacial score (nSPS) is 19.7. The Morgan fingerprint density at radius 1 is 1.55 bits per heavy atom. The average molecular weight is 179 g/mol. The smallest absolute Gasteiger partial charge is 0.157 e. The number of ether oxygens (including phenoxy) is 1. The summed E-state index contributed by atoms with van der Waals surface area (Å²) in [5.41, 5.74) is 0. The Labute approximate surface area is 66.8 Å². The molecule has 4 nitrogen and oxygen atoms in total. The van der Waals surface area contributed by atoms with Gasteiger partial charge in [-0.3, -0.25) is 0 Å². The third-order valence-electron chi connectivity index (χ3n) is 1.82. The molecule has 0 radical (unpaired) electrons. The van der Waals surface area contributed by atoms with Gasteiger partial charge in [-0.05, 0) is 0 Å². The fourth-order valence-corrected chi connectivity index (χ4v) is 2.36. The third kappa shape index (κ3) is 2.15. The first-order valence-electron chi connectivity index (χ1n) is 3.58. The molecule has 0 spiro atoms. The second kappa shape index (κ2) is 3.51. The zero-order valence-corrected chi connectivity index (χ0v) is 7.36. The first-order valence-corrected chi connectivity index (χ1v) is 5.29. The van der Waals surface area contributed by atoms with Gasteiger partial charge < -0.3 is 10.1 Å². The van der Waals surface area contributed by atoms with Crippen LogP contribution in [0.15, 0.2) is 0 Å². The summed E-state index contributed by atoms with van der Waals surface area (Å²) in [4.78, 5) is 0. The third-order valence-corrected chi connectivity index (χ3v) is 3.91. The number of hydrogen-bond donors (Lipinski definition) is 1. The van der Waals surface area contributed by atoms with Gasteiger partial charge in [-0.25, -0.2) is 8.42 Å². The van der Waals surface area contributed by atoms with Crippen molar-refractivity contribution in [1.29, 1.82) is 0 Å². The first kappa shape index (κ1) is 8.96. The van der Waals surface area contributed by atoms with E-state index in [1.807, 2.05) is 0 Å². The maximum Gasteiger partial charge on any atom is 0.157 e. The minimum absolute atomic E-state index is 0.149. The molecule has 0 bridgehead atoms. The van der Waals surface area contributed by atoms with E-state index in [1.54, 1.807) is 0 Å². The van der Waals surface area contributed by atoms with Gasteiger partial charge in [0.1, 0.15) is 0 Å². The molecule has 11 heavy (non-hydrogen) atoms. The summed E-state index contributed by atoms with van der Waals surface area (Å²) in [5, 5.41) is 2.75. The van der Waals surface area contributed by atoms with E-state index >= 15 is 0 Å². The summed E-state index contributed by atoms with van der Waals surface area (Å²) in [6.45, 7) is 1.51. The van der Waals surface area contributed by atoms with Gasteiger partial charge >= 0.3 is 0 Å². The summed E-state index contributed by atoms with van der Waals surface area (Å²) in [5.74, 6) is 0.149. The molecule has 1 aliphatic rings. The van der Waals surface area contributed by atoms with E-state index < -0.39 is 9.84 Å². The number of methoxy groups -OCH3 is 1. The minimum Gasteiger partial charge on any atom is -0.384 e. The highest BCUT2D eigenvalue weighted by Crippen LogP contribution is 2.06. The van der Waals surface area contributed by atoms with E-state index in [0.29, 0.717) is 19.7 Å². The van der Waals surface area contributed by atoms with Crippen molar-refractivity contribution >= 4 is 9.84 Å². The molecular formula is C6H13NO3S. The molecule has 1 aliphatic heterocycles. The van der Waals surface area contributed by atoms with Crippen LogP contribution in [-0.4, -0.2) is 46.2 Å². The second-order valence-electron chi connectivity index (χ2n) is 2.64. The van der Waals surface area contributed by atoms with Crippen LogP contribution in [-0.2, 0) is 14.6 Å². The quantitative estimate of drug-likeness (QED) is 0.602. The minimum atomic E-state index is -2.87. The van der Waals surface area contributed by atoms with Gasteiger partial charge in [0, 0.05) is 20.2 Å². The Hall–Kier alpha value is -0.130. The standard InChI is InChI=1S/C6H13NO3S/c1-10-2-3-11(8,9)6-4-7-5-6/h6-7H,2-5H2,1H3. The predicted octanol–water partition coefficient (Wildman–Crippen LogP) is -0.981. The van der Waals surface area contributed by atoms with Crippen LogP contribution in [0.25, 0.3) is 0 Å². The fraction of sp³-hybridized carbons (Fsp3) is 1.00. The lowest BCUT2D eigenvalue weighted by Gasteiger charge is -2.26. The molecule has 0 amide bonds. The van der Waals surface area contributed by atoms with Crippen molar-refractivity contribution in [2.75, 3.05) is 32.6 Å². The lowest BCUT2D eigenvalue weighted by Crippen LogP contribution is -2.52. The molecular weight excluding hydrogens is 166 g/mol. The van der Waals surface area contributed by atoms with Gasteiger partial charge in [0.15, 0.2) is 9.84 Å². The Kier molecular flexibility index (Phi) is 2.86. The van der Waals surface area contributed by atoms with Crippen LogP contribution in [0, 0.1) is 0 Å². The SMILES string of the molecule is COCCS(=O)(=O)C1CNC1. The van der Waals surface area contributed by atoms with Crippen LogP contribution >= 0.6 is 0 Å². The lowest BCUT2D eigenvalue weighted by molar-refractivity contribution is 0.216. The molecule has 0 aromatic rings. The molecule has 1 rings (SSSR count). The van der Waals surface area contributed by atoms with Gasteiger partial charge in [-0.15, -0.1) is 0 Å². The Morgan fingerprint density at radius 2 is 2.18 bits per heavy atom. The van der Waals surface area contributed by atoms with Crippen LogP contribution in [0.4, 0.5) is 0 Å². The summed E-state index contributed by atoms with van der Waals surface area (Å²) < 4.78 is 27.2. The zero-order valence-electron chi connectivity index (χ0n) is 6.54.